The number of aromatic amines is 1. The first-order chi connectivity index (χ1) is 14.8. The molecule has 0 unspecified atom stereocenters. The van der Waals surface area contributed by atoms with E-state index >= 15 is 0 Å². The van der Waals surface area contributed by atoms with Gasteiger partial charge in [0.25, 0.3) is 0 Å². The lowest BCUT2D eigenvalue weighted by atomic mass is 10.0. The van der Waals surface area contributed by atoms with E-state index in [1.54, 1.807) is 0 Å². The van der Waals surface area contributed by atoms with E-state index in [4.69, 9.17) is 4.98 Å². The molecule has 2 aromatic carbocycles. The molecular weight excluding hydrogens is 370 g/mol. The molecule has 0 saturated carbocycles. The largest absolute Gasteiger partial charge is 0.353 e. The number of piperidine rings is 1. The Labute approximate surface area is 176 Å². The second-order valence-electron chi connectivity index (χ2n) is 8.21. The number of nitrogens with zero attached hydrogens (tertiary/aromatic N) is 2. The fourth-order valence-corrected chi connectivity index (χ4v) is 4.60. The van der Waals surface area contributed by atoms with Crippen LogP contribution in [0.2, 0.25) is 0 Å². The quantitative estimate of drug-likeness (QED) is 0.468. The molecule has 4 aromatic rings. The van der Waals surface area contributed by atoms with Crippen LogP contribution in [0.15, 0.2) is 60.7 Å². The summed E-state index contributed by atoms with van der Waals surface area (Å²) in [6.07, 6.45) is 5.88. The second kappa shape index (κ2) is 8.31. The number of benzene rings is 2. The first kappa shape index (κ1) is 18.9. The smallest absolute Gasteiger partial charge is 0.222 e. The molecule has 0 radical (unpaired) electrons. The number of carbonyl (C=O) groups is 1. The summed E-state index contributed by atoms with van der Waals surface area (Å²) in [6, 6.07) is 20.8. The Morgan fingerprint density at radius 2 is 1.73 bits per heavy atom. The lowest BCUT2D eigenvalue weighted by Crippen LogP contribution is -2.35. The van der Waals surface area contributed by atoms with E-state index in [-0.39, 0.29) is 0 Å². The number of pyridine rings is 1. The Bertz CT molecular complexity index is 1190. The zero-order valence-corrected chi connectivity index (χ0v) is 17.2. The molecule has 0 spiro atoms. The Hall–Kier alpha value is -3.14. The van der Waals surface area contributed by atoms with Crippen LogP contribution in [0.5, 0.6) is 0 Å². The molecule has 30 heavy (non-hydrogen) atoms. The molecule has 1 N–H and O–H groups in total. The molecule has 4 nitrogen and oxygen atoms in total. The van der Waals surface area contributed by atoms with Crippen molar-refractivity contribution in [2.24, 2.45) is 0 Å². The molecular formula is C26H27N3O. The van der Waals surface area contributed by atoms with Gasteiger partial charge in [0.2, 0.25) is 5.91 Å². The summed E-state index contributed by atoms with van der Waals surface area (Å²) < 4.78 is 0. The first-order valence-electron chi connectivity index (χ1n) is 11.0. The molecule has 0 atom stereocenters. The third-order valence-corrected chi connectivity index (χ3v) is 6.19. The van der Waals surface area contributed by atoms with Crippen molar-refractivity contribution < 1.29 is 4.79 Å². The highest BCUT2D eigenvalue weighted by molar-refractivity contribution is 5.91. The molecule has 2 aromatic heterocycles. The van der Waals surface area contributed by atoms with Gasteiger partial charge in [0.15, 0.2) is 0 Å². The monoisotopic (exact) mass is 397 g/mol. The van der Waals surface area contributed by atoms with Gasteiger partial charge >= 0.3 is 0 Å². The number of hydrogen-bond acceptors (Lipinski definition) is 2. The van der Waals surface area contributed by atoms with E-state index in [0.717, 1.165) is 66.6 Å². The minimum absolute atomic E-state index is 0.305. The molecule has 1 fully saturated rings. The Morgan fingerprint density at radius 1 is 0.933 bits per heavy atom. The van der Waals surface area contributed by atoms with Gasteiger partial charge in [0.05, 0.1) is 16.9 Å². The molecule has 0 bridgehead atoms. The minimum atomic E-state index is 0.305. The van der Waals surface area contributed by atoms with Crippen LogP contribution in [-0.2, 0) is 11.2 Å². The van der Waals surface area contributed by atoms with Crippen molar-refractivity contribution in [3.05, 3.63) is 66.2 Å². The van der Waals surface area contributed by atoms with Crippen LogP contribution in [-0.4, -0.2) is 33.9 Å². The topological polar surface area (TPSA) is 49.0 Å². The maximum absolute atomic E-state index is 12.6. The van der Waals surface area contributed by atoms with Crippen molar-refractivity contribution in [1.82, 2.24) is 14.9 Å². The molecule has 3 heterocycles. The van der Waals surface area contributed by atoms with Crippen LogP contribution in [0.1, 0.15) is 37.7 Å². The van der Waals surface area contributed by atoms with Crippen molar-refractivity contribution in [3.8, 4) is 11.4 Å². The molecule has 5 rings (SSSR count). The highest BCUT2D eigenvalue weighted by Crippen LogP contribution is 2.31. The standard InChI is InChI=1S/C26H27N3O/c30-25(29-17-6-1-7-18-29)14-8-11-21-20-10-3-5-13-23(20)28-26(21)24-16-15-19-9-2-4-12-22(19)27-24/h2-5,9-10,12-13,15-16,28H,1,6-8,11,14,17-18H2. The normalized spacial score (nSPS) is 14.5. The van der Waals surface area contributed by atoms with Crippen LogP contribution in [0.25, 0.3) is 33.2 Å². The van der Waals surface area contributed by atoms with Crippen LogP contribution < -0.4 is 0 Å². The number of hydrogen-bond donors (Lipinski definition) is 1. The van der Waals surface area contributed by atoms with Crippen molar-refractivity contribution in [2.75, 3.05) is 13.1 Å². The number of aromatic nitrogens is 2. The molecule has 152 valence electrons. The lowest BCUT2D eigenvalue weighted by molar-refractivity contribution is -0.132. The zero-order chi connectivity index (χ0) is 20.3. The highest BCUT2D eigenvalue weighted by atomic mass is 16.2. The van der Waals surface area contributed by atoms with Crippen LogP contribution in [0.4, 0.5) is 0 Å². The summed E-state index contributed by atoms with van der Waals surface area (Å²) in [4.78, 5) is 23.1. The summed E-state index contributed by atoms with van der Waals surface area (Å²) in [5.74, 6) is 0.305. The summed E-state index contributed by atoms with van der Waals surface area (Å²) in [5, 5.41) is 2.37. The van der Waals surface area contributed by atoms with Crippen molar-refractivity contribution in [2.45, 2.75) is 38.5 Å². The van der Waals surface area contributed by atoms with Gasteiger partial charge in [0, 0.05) is 35.8 Å². The molecule has 1 amide bonds. The van der Waals surface area contributed by atoms with E-state index in [1.165, 1.54) is 17.4 Å². The van der Waals surface area contributed by atoms with E-state index in [2.05, 4.69) is 53.5 Å². The Balaban J connectivity index is 1.42. The van der Waals surface area contributed by atoms with Crippen molar-refractivity contribution in [1.29, 1.82) is 0 Å². The molecule has 1 aliphatic rings. The molecule has 4 heteroatoms. The number of para-hydroxylation sites is 2. The third-order valence-electron chi connectivity index (χ3n) is 6.19. The van der Waals surface area contributed by atoms with Gasteiger partial charge in [-0.3, -0.25) is 4.79 Å². The Morgan fingerprint density at radius 3 is 2.63 bits per heavy atom. The molecule has 0 aliphatic carbocycles. The fraction of sp³-hybridized carbons (Fsp3) is 0.308. The third kappa shape index (κ3) is 3.70. The summed E-state index contributed by atoms with van der Waals surface area (Å²) >= 11 is 0. The maximum Gasteiger partial charge on any atom is 0.222 e. The van der Waals surface area contributed by atoms with Crippen LogP contribution >= 0.6 is 0 Å². The first-order valence-corrected chi connectivity index (χ1v) is 11.0. The van der Waals surface area contributed by atoms with Crippen LogP contribution in [0, 0.1) is 0 Å². The summed E-state index contributed by atoms with van der Waals surface area (Å²) in [5.41, 5.74) is 5.43. The SMILES string of the molecule is O=C(CCCc1c(-c2ccc3ccccc3n2)[nH]c2ccccc12)N1CCCCC1. The maximum atomic E-state index is 12.6. The van der Waals surface area contributed by atoms with Crippen molar-refractivity contribution in [3.63, 3.8) is 0 Å². The van der Waals surface area contributed by atoms with Gasteiger partial charge in [0.1, 0.15) is 0 Å². The number of rotatable bonds is 5. The van der Waals surface area contributed by atoms with E-state index in [1.807, 2.05) is 17.0 Å². The summed E-state index contributed by atoms with van der Waals surface area (Å²) in [7, 11) is 0. The fourth-order valence-electron chi connectivity index (χ4n) is 4.60. The lowest BCUT2D eigenvalue weighted by Gasteiger charge is -2.26. The zero-order valence-electron chi connectivity index (χ0n) is 17.2. The number of nitrogens with one attached hydrogen (secondary N) is 1. The average molecular weight is 398 g/mol. The predicted molar refractivity (Wildman–Crippen MR) is 122 cm³/mol. The minimum Gasteiger partial charge on any atom is -0.353 e. The van der Waals surface area contributed by atoms with Gasteiger partial charge < -0.3 is 9.88 Å². The van der Waals surface area contributed by atoms with Gasteiger partial charge in [-0.05, 0) is 55.9 Å². The van der Waals surface area contributed by atoms with Gasteiger partial charge in [-0.25, -0.2) is 4.98 Å². The van der Waals surface area contributed by atoms with E-state index < -0.39 is 0 Å². The van der Waals surface area contributed by atoms with Gasteiger partial charge in [-0.1, -0.05) is 42.5 Å². The number of carbonyl (C=O) groups excluding carboxylic acids is 1. The van der Waals surface area contributed by atoms with Gasteiger partial charge in [-0.15, -0.1) is 0 Å². The molecule has 1 aliphatic heterocycles. The second-order valence-corrected chi connectivity index (χ2v) is 8.21. The number of H-pyrrole nitrogens is 1. The van der Waals surface area contributed by atoms with Gasteiger partial charge in [-0.2, -0.15) is 0 Å². The van der Waals surface area contributed by atoms with E-state index in [9.17, 15) is 4.79 Å². The summed E-state index contributed by atoms with van der Waals surface area (Å²) in [6.45, 7) is 1.86. The highest BCUT2D eigenvalue weighted by Gasteiger charge is 2.18. The number of fused-ring (bicyclic) bond motifs is 2. The number of likely N-dealkylation sites (tertiary alicyclic amines) is 1. The molecule has 1 saturated heterocycles. The van der Waals surface area contributed by atoms with Crippen molar-refractivity contribution >= 4 is 27.7 Å². The predicted octanol–water partition coefficient (Wildman–Crippen LogP) is 5.72. The number of aryl methyl sites for hydroxylation is 1. The Kier molecular flexibility index (Phi) is 5.22. The average Bonchev–Trinajstić information content (AvgIpc) is 3.18. The van der Waals surface area contributed by atoms with Crippen LogP contribution in [0.3, 0.4) is 0 Å². The number of amides is 1. The van der Waals surface area contributed by atoms with E-state index in [0.29, 0.717) is 12.3 Å².